The van der Waals surface area contributed by atoms with Crippen molar-refractivity contribution in [3.8, 4) is 0 Å². The molecule has 0 aliphatic rings. The van der Waals surface area contributed by atoms with Gasteiger partial charge in [-0.15, -0.1) is 0 Å². The van der Waals surface area contributed by atoms with Crippen LogP contribution in [0.1, 0.15) is 40.0 Å². The molecule has 1 aromatic rings. The zero-order valence-electron chi connectivity index (χ0n) is 11.7. The first-order valence-corrected chi connectivity index (χ1v) is 6.53. The van der Waals surface area contributed by atoms with E-state index in [2.05, 4.69) is 31.1 Å². The summed E-state index contributed by atoms with van der Waals surface area (Å²) >= 11 is 0. The summed E-state index contributed by atoms with van der Waals surface area (Å²) < 4.78 is 0. The van der Waals surface area contributed by atoms with Crippen LogP contribution < -0.4 is 10.2 Å². The van der Waals surface area contributed by atoms with Crippen molar-refractivity contribution in [2.75, 3.05) is 17.3 Å². The lowest BCUT2D eigenvalue weighted by molar-refractivity contribution is -0.118. The van der Waals surface area contributed by atoms with E-state index in [0.717, 1.165) is 24.3 Å². The third-order valence-corrected chi connectivity index (χ3v) is 2.69. The van der Waals surface area contributed by atoms with Crippen LogP contribution in [0.4, 0.5) is 11.5 Å². The second kappa shape index (κ2) is 6.99. The summed E-state index contributed by atoms with van der Waals surface area (Å²) in [5, 5.41) is 3.22. The fourth-order valence-electron chi connectivity index (χ4n) is 1.61. The van der Waals surface area contributed by atoms with Crippen LogP contribution in [-0.2, 0) is 4.79 Å². The SMILES string of the molecule is CCCCC(=O)N(C)c1ccc(NC(C)C)nc1. The number of rotatable bonds is 6. The Bertz CT molecular complexity index is 373. The van der Waals surface area contributed by atoms with Gasteiger partial charge in [0, 0.05) is 19.5 Å². The van der Waals surface area contributed by atoms with Crippen molar-refractivity contribution in [2.24, 2.45) is 0 Å². The minimum Gasteiger partial charge on any atom is -0.368 e. The number of hydrogen-bond donors (Lipinski definition) is 1. The van der Waals surface area contributed by atoms with Gasteiger partial charge in [-0.1, -0.05) is 13.3 Å². The predicted molar refractivity (Wildman–Crippen MR) is 75.9 cm³/mol. The quantitative estimate of drug-likeness (QED) is 0.842. The number of carbonyl (C=O) groups is 1. The van der Waals surface area contributed by atoms with Crippen LogP contribution in [0, 0.1) is 0 Å². The lowest BCUT2D eigenvalue weighted by atomic mass is 10.2. The summed E-state index contributed by atoms with van der Waals surface area (Å²) in [5.74, 6) is 0.978. The van der Waals surface area contributed by atoms with Gasteiger partial charge in [-0.3, -0.25) is 4.79 Å². The first-order chi connectivity index (χ1) is 8.54. The van der Waals surface area contributed by atoms with Crippen molar-refractivity contribution in [2.45, 2.75) is 46.1 Å². The number of pyridine rings is 1. The first-order valence-electron chi connectivity index (χ1n) is 6.53. The number of nitrogens with one attached hydrogen (secondary N) is 1. The van der Waals surface area contributed by atoms with Crippen LogP contribution in [0.25, 0.3) is 0 Å². The Morgan fingerprint density at radius 1 is 1.44 bits per heavy atom. The van der Waals surface area contributed by atoms with Gasteiger partial charge >= 0.3 is 0 Å². The molecular formula is C14H23N3O. The molecule has 1 rings (SSSR count). The van der Waals surface area contributed by atoms with Gasteiger partial charge in [0.05, 0.1) is 11.9 Å². The van der Waals surface area contributed by atoms with Crippen molar-refractivity contribution in [3.63, 3.8) is 0 Å². The highest BCUT2D eigenvalue weighted by atomic mass is 16.2. The van der Waals surface area contributed by atoms with Gasteiger partial charge in [-0.2, -0.15) is 0 Å². The van der Waals surface area contributed by atoms with Crippen molar-refractivity contribution >= 4 is 17.4 Å². The van der Waals surface area contributed by atoms with Crippen LogP contribution in [0.2, 0.25) is 0 Å². The topological polar surface area (TPSA) is 45.2 Å². The van der Waals surface area contributed by atoms with Gasteiger partial charge in [0.2, 0.25) is 5.91 Å². The summed E-state index contributed by atoms with van der Waals surface area (Å²) in [5.41, 5.74) is 0.838. The Morgan fingerprint density at radius 3 is 2.67 bits per heavy atom. The maximum absolute atomic E-state index is 11.8. The zero-order valence-corrected chi connectivity index (χ0v) is 11.7. The van der Waals surface area contributed by atoms with Crippen LogP contribution in [0.5, 0.6) is 0 Å². The van der Waals surface area contributed by atoms with Gasteiger partial charge in [0.25, 0.3) is 0 Å². The molecule has 1 amide bonds. The number of unbranched alkanes of at least 4 members (excludes halogenated alkanes) is 1. The molecule has 1 heterocycles. The average Bonchev–Trinajstić information content (AvgIpc) is 2.35. The minimum absolute atomic E-state index is 0.142. The Balaban J connectivity index is 2.63. The Hall–Kier alpha value is -1.58. The molecule has 0 saturated heterocycles. The molecule has 0 unspecified atom stereocenters. The van der Waals surface area contributed by atoms with Crippen molar-refractivity contribution in [1.29, 1.82) is 0 Å². The van der Waals surface area contributed by atoms with Gasteiger partial charge in [0.15, 0.2) is 0 Å². The molecule has 0 aliphatic carbocycles. The molecule has 0 aliphatic heterocycles. The van der Waals surface area contributed by atoms with E-state index in [1.807, 2.05) is 12.1 Å². The predicted octanol–water partition coefficient (Wildman–Crippen LogP) is 3.05. The lowest BCUT2D eigenvalue weighted by Crippen LogP contribution is -2.26. The largest absolute Gasteiger partial charge is 0.368 e. The molecule has 0 aromatic carbocycles. The monoisotopic (exact) mass is 249 g/mol. The number of amides is 1. The summed E-state index contributed by atoms with van der Waals surface area (Å²) in [6.07, 6.45) is 4.30. The Morgan fingerprint density at radius 2 is 2.17 bits per heavy atom. The van der Waals surface area contributed by atoms with Crippen molar-refractivity contribution in [3.05, 3.63) is 18.3 Å². The van der Waals surface area contributed by atoms with Crippen LogP contribution in [0.15, 0.2) is 18.3 Å². The van der Waals surface area contributed by atoms with E-state index in [1.165, 1.54) is 0 Å². The second-order valence-corrected chi connectivity index (χ2v) is 4.76. The van der Waals surface area contributed by atoms with Gasteiger partial charge in [-0.05, 0) is 32.4 Å². The molecule has 0 radical (unpaired) electrons. The van der Waals surface area contributed by atoms with E-state index in [1.54, 1.807) is 18.1 Å². The molecule has 0 fully saturated rings. The lowest BCUT2D eigenvalue weighted by Gasteiger charge is -2.17. The third-order valence-electron chi connectivity index (χ3n) is 2.69. The molecule has 4 nitrogen and oxygen atoms in total. The van der Waals surface area contributed by atoms with Gasteiger partial charge < -0.3 is 10.2 Å². The van der Waals surface area contributed by atoms with E-state index in [-0.39, 0.29) is 5.91 Å². The smallest absolute Gasteiger partial charge is 0.226 e. The molecule has 0 spiro atoms. The summed E-state index contributed by atoms with van der Waals surface area (Å²) in [7, 11) is 1.80. The van der Waals surface area contributed by atoms with E-state index < -0.39 is 0 Å². The van der Waals surface area contributed by atoms with E-state index >= 15 is 0 Å². The van der Waals surface area contributed by atoms with Crippen LogP contribution in [-0.4, -0.2) is 24.0 Å². The van der Waals surface area contributed by atoms with Crippen molar-refractivity contribution < 1.29 is 4.79 Å². The Labute approximate surface area is 109 Å². The number of hydrogen-bond acceptors (Lipinski definition) is 3. The molecular weight excluding hydrogens is 226 g/mol. The maximum atomic E-state index is 11.8. The fraction of sp³-hybridized carbons (Fsp3) is 0.571. The number of nitrogens with zero attached hydrogens (tertiary/aromatic N) is 2. The minimum atomic E-state index is 0.142. The van der Waals surface area contributed by atoms with Gasteiger partial charge in [-0.25, -0.2) is 4.98 Å². The summed E-state index contributed by atoms with van der Waals surface area (Å²) in [6.45, 7) is 6.22. The van der Waals surface area contributed by atoms with E-state index in [0.29, 0.717) is 12.5 Å². The summed E-state index contributed by atoms with van der Waals surface area (Å²) in [6, 6.07) is 4.17. The zero-order chi connectivity index (χ0) is 13.5. The molecule has 18 heavy (non-hydrogen) atoms. The molecule has 0 bridgehead atoms. The first kappa shape index (κ1) is 14.5. The van der Waals surface area contributed by atoms with E-state index in [9.17, 15) is 4.79 Å². The molecule has 0 saturated carbocycles. The van der Waals surface area contributed by atoms with Crippen LogP contribution in [0.3, 0.4) is 0 Å². The number of carbonyl (C=O) groups excluding carboxylic acids is 1. The standard InChI is InChI=1S/C14H23N3O/c1-5-6-7-14(18)17(4)12-8-9-13(15-10-12)16-11(2)3/h8-11H,5-7H2,1-4H3,(H,15,16). The fourth-order valence-corrected chi connectivity index (χ4v) is 1.61. The molecule has 0 atom stereocenters. The average molecular weight is 249 g/mol. The Kier molecular flexibility index (Phi) is 5.62. The third kappa shape index (κ3) is 4.35. The molecule has 1 aromatic heterocycles. The molecule has 1 N–H and O–H groups in total. The molecule has 4 heteroatoms. The second-order valence-electron chi connectivity index (χ2n) is 4.76. The molecule has 100 valence electrons. The highest BCUT2D eigenvalue weighted by molar-refractivity contribution is 5.92. The van der Waals surface area contributed by atoms with Crippen LogP contribution >= 0.6 is 0 Å². The van der Waals surface area contributed by atoms with Crippen molar-refractivity contribution in [1.82, 2.24) is 4.98 Å². The summed E-state index contributed by atoms with van der Waals surface area (Å²) in [4.78, 5) is 17.8. The van der Waals surface area contributed by atoms with E-state index in [4.69, 9.17) is 0 Å². The number of aromatic nitrogens is 1. The highest BCUT2D eigenvalue weighted by Crippen LogP contribution is 2.15. The highest BCUT2D eigenvalue weighted by Gasteiger charge is 2.10. The normalized spacial score (nSPS) is 10.5. The van der Waals surface area contributed by atoms with Gasteiger partial charge in [0.1, 0.15) is 5.82 Å². The number of anilines is 2. The maximum Gasteiger partial charge on any atom is 0.226 e.